The Balaban J connectivity index is 2.22. The van der Waals surface area contributed by atoms with Crippen LogP contribution in [-0.2, 0) is 4.84 Å². The highest BCUT2D eigenvalue weighted by Gasteiger charge is 2.17. The molecule has 1 heterocycles. The number of nitrogens with zero attached hydrogens (tertiary/aromatic N) is 1. The molecule has 1 unspecified atom stereocenters. The largest absolute Gasteiger partial charge is 0.314 e. The number of hydroxylamine groups is 2. The Labute approximate surface area is 49.6 Å². The van der Waals surface area contributed by atoms with Gasteiger partial charge in [0.2, 0.25) is 0 Å². The Kier molecular flexibility index (Phi) is 1.83. The van der Waals surface area contributed by atoms with Crippen LogP contribution in [0, 0.1) is 0 Å². The fourth-order valence-corrected chi connectivity index (χ4v) is 0.808. The molecule has 3 heteroatoms. The van der Waals surface area contributed by atoms with Crippen LogP contribution in [0.1, 0.15) is 0 Å². The van der Waals surface area contributed by atoms with E-state index in [1.54, 1.807) is 0 Å². The van der Waals surface area contributed by atoms with Crippen molar-refractivity contribution in [1.29, 1.82) is 0 Å². The molecule has 1 fully saturated rings. The van der Waals surface area contributed by atoms with E-state index in [0.29, 0.717) is 6.04 Å². The molecular weight excluding hydrogens is 104 g/mol. The van der Waals surface area contributed by atoms with Gasteiger partial charge in [-0.3, -0.25) is 4.84 Å². The molecule has 0 aromatic rings. The summed E-state index contributed by atoms with van der Waals surface area (Å²) in [6.45, 7) is 1.81. The standard InChI is InChI=1S/C5H12N2O/c1-6-5-3-7(2)8-4-5/h5-6H,3-4H2,1-2H3. The fraction of sp³-hybridized carbons (Fsp3) is 1.00. The van der Waals surface area contributed by atoms with E-state index >= 15 is 0 Å². The normalized spacial score (nSPS) is 31.5. The van der Waals surface area contributed by atoms with Gasteiger partial charge in [0.15, 0.2) is 0 Å². The van der Waals surface area contributed by atoms with Crippen molar-refractivity contribution in [3.05, 3.63) is 0 Å². The van der Waals surface area contributed by atoms with Crippen molar-refractivity contribution < 1.29 is 4.84 Å². The summed E-state index contributed by atoms with van der Waals surface area (Å²) in [6.07, 6.45) is 0. The van der Waals surface area contributed by atoms with Gasteiger partial charge in [-0.2, -0.15) is 5.06 Å². The van der Waals surface area contributed by atoms with Crippen molar-refractivity contribution >= 4 is 0 Å². The molecule has 0 aromatic heterocycles. The summed E-state index contributed by atoms with van der Waals surface area (Å²) in [5.74, 6) is 0. The van der Waals surface area contributed by atoms with Crippen molar-refractivity contribution in [2.75, 3.05) is 27.2 Å². The average molecular weight is 116 g/mol. The third-order valence-electron chi connectivity index (χ3n) is 1.38. The molecule has 1 aliphatic heterocycles. The van der Waals surface area contributed by atoms with Crippen LogP contribution >= 0.6 is 0 Å². The maximum absolute atomic E-state index is 5.13. The van der Waals surface area contributed by atoms with Crippen molar-refractivity contribution in [3.8, 4) is 0 Å². The predicted molar refractivity (Wildman–Crippen MR) is 31.4 cm³/mol. The lowest BCUT2D eigenvalue weighted by atomic mass is 10.3. The highest BCUT2D eigenvalue weighted by Crippen LogP contribution is 1.99. The lowest BCUT2D eigenvalue weighted by Gasteiger charge is -2.03. The lowest BCUT2D eigenvalue weighted by molar-refractivity contribution is -0.0869. The van der Waals surface area contributed by atoms with Gasteiger partial charge in [0, 0.05) is 19.6 Å². The minimum absolute atomic E-state index is 0.528. The van der Waals surface area contributed by atoms with E-state index in [0.717, 1.165) is 13.2 Å². The van der Waals surface area contributed by atoms with Crippen LogP contribution < -0.4 is 5.32 Å². The SMILES string of the molecule is CNC1CON(C)C1. The van der Waals surface area contributed by atoms with Gasteiger partial charge >= 0.3 is 0 Å². The maximum atomic E-state index is 5.13. The van der Waals surface area contributed by atoms with E-state index in [1.165, 1.54) is 0 Å². The number of likely N-dealkylation sites (N-methyl/N-ethyl adjacent to an activating group) is 2. The first kappa shape index (κ1) is 6.01. The van der Waals surface area contributed by atoms with E-state index in [9.17, 15) is 0 Å². The van der Waals surface area contributed by atoms with Gasteiger partial charge in [-0.25, -0.2) is 0 Å². The highest BCUT2D eigenvalue weighted by molar-refractivity contribution is 4.68. The minimum Gasteiger partial charge on any atom is -0.314 e. The molecule has 1 aliphatic rings. The first-order chi connectivity index (χ1) is 3.83. The summed E-state index contributed by atoms with van der Waals surface area (Å²) < 4.78 is 0. The minimum atomic E-state index is 0.528. The van der Waals surface area contributed by atoms with Crippen LogP contribution in [0.3, 0.4) is 0 Å². The third kappa shape index (κ3) is 1.18. The molecule has 0 saturated carbocycles. The van der Waals surface area contributed by atoms with Crippen molar-refractivity contribution in [2.24, 2.45) is 0 Å². The molecule has 1 saturated heterocycles. The summed E-state index contributed by atoms with van der Waals surface area (Å²) in [5.41, 5.74) is 0. The first-order valence-corrected chi connectivity index (χ1v) is 2.84. The second kappa shape index (κ2) is 2.44. The summed E-state index contributed by atoms with van der Waals surface area (Å²) in [5, 5.41) is 4.98. The Morgan fingerprint density at radius 3 is 2.75 bits per heavy atom. The smallest absolute Gasteiger partial charge is 0.0851 e. The van der Waals surface area contributed by atoms with E-state index < -0.39 is 0 Å². The molecule has 0 bridgehead atoms. The number of hydrogen-bond donors (Lipinski definition) is 1. The molecule has 8 heavy (non-hydrogen) atoms. The Hall–Kier alpha value is -0.120. The van der Waals surface area contributed by atoms with Gasteiger partial charge in [0.25, 0.3) is 0 Å². The van der Waals surface area contributed by atoms with Crippen LogP contribution in [-0.4, -0.2) is 38.4 Å². The van der Waals surface area contributed by atoms with E-state index in [-0.39, 0.29) is 0 Å². The molecule has 0 amide bonds. The quantitative estimate of drug-likeness (QED) is 0.497. The fourth-order valence-electron chi connectivity index (χ4n) is 0.808. The van der Waals surface area contributed by atoms with Crippen molar-refractivity contribution in [1.82, 2.24) is 10.4 Å². The molecule has 48 valence electrons. The molecular formula is C5H12N2O. The lowest BCUT2D eigenvalue weighted by Crippen LogP contribution is -2.29. The molecule has 1 N–H and O–H groups in total. The molecule has 0 radical (unpaired) electrons. The van der Waals surface area contributed by atoms with E-state index in [1.807, 2.05) is 19.2 Å². The average Bonchev–Trinajstić information content (AvgIpc) is 2.14. The van der Waals surface area contributed by atoms with Gasteiger partial charge in [-0.1, -0.05) is 0 Å². The first-order valence-electron chi connectivity index (χ1n) is 2.84. The van der Waals surface area contributed by atoms with Crippen LogP contribution in [0.4, 0.5) is 0 Å². The van der Waals surface area contributed by atoms with Gasteiger partial charge in [-0.15, -0.1) is 0 Å². The van der Waals surface area contributed by atoms with E-state index in [2.05, 4.69) is 5.32 Å². The zero-order chi connectivity index (χ0) is 5.98. The second-order valence-corrected chi connectivity index (χ2v) is 2.09. The molecule has 1 rings (SSSR count). The summed E-state index contributed by atoms with van der Waals surface area (Å²) in [7, 11) is 3.89. The van der Waals surface area contributed by atoms with Gasteiger partial charge in [-0.05, 0) is 7.05 Å². The summed E-state index contributed by atoms with van der Waals surface area (Å²) in [6, 6.07) is 0.528. The predicted octanol–water partition coefficient (Wildman–Crippen LogP) is -0.549. The topological polar surface area (TPSA) is 24.5 Å². The number of rotatable bonds is 1. The Morgan fingerprint density at radius 2 is 2.50 bits per heavy atom. The van der Waals surface area contributed by atoms with Gasteiger partial charge in [0.05, 0.1) is 6.61 Å². The molecule has 0 aromatic carbocycles. The summed E-state index contributed by atoms with van der Waals surface area (Å²) in [4.78, 5) is 5.13. The maximum Gasteiger partial charge on any atom is 0.0851 e. The van der Waals surface area contributed by atoms with Crippen molar-refractivity contribution in [2.45, 2.75) is 6.04 Å². The van der Waals surface area contributed by atoms with Crippen LogP contribution in [0.2, 0.25) is 0 Å². The van der Waals surface area contributed by atoms with E-state index in [4.69, 9.17) is 4.84 Å². The second-order valence-electron chi connectivity index (χ2n) is 2.09. The van der Waals surface area contributed by atoms with Gasteiger partial charge in [0.1, 0.15) is 0 Å². The monoisotopic (exact) mass is 116 g/mol. The van der Waals surface area contributed by atoms with Crippen LogP contribution in [0.15, 0.2) is 0 Å². The molecule has 0 spiro atoms. The zero-order valence-electron chi connectivity index (χ0n) is 5.35. The Morgan fingerprint density at radius 1 is 1.75 bits per heavy atom. The Bertz CT molecular complexity index is 76.8. The molecule has 1 atom stereocenters. The van der Waals surface area contributed by atoms with Crippen LogP contribution in [0.25, 0.3) is 0 Å². The van der Waals surface area contributed by atoms with Gasteiger partial charge < -0.3 is 5.32 Å². The van der Waals surface area contributed by atoms with Crippen LogP contribution in [0.5, 0.6) is 0 Å². The molecule has 3 nitrogen and oxygen atoms in total. The summed E-state index contributed by atoms with van der Waals surface area (Å²) >= 11 is 0. The number of nitrogens with one attached hydrogen (secondary N) is 1. The number of hydrogen-bond acceptors (Lipinski definition) is 3. The zero-order valence-corrected chi connectivity index (χ0v) is 5.35. The molecule has 0 aliphatic carbocycles. The third-order valence-corrected chi connectivity index (χ3v) is 1.38. The highest BCUT2D eigenvalue weighted by atomic mass is 16.7. The van der Waals surface area contributed by atoms with Crippen molar-refractivity contribution in [3.63, 3.8) is 0 Å².